The molecule has 1 amide bonds. The Labute approximate surface area is 223 Å². The lowest BCUT2D eigenvalue weighted by molar-refractivity contribution is -0.114. The maximum atomic E-state index is 13.8. The molecule has 0 spiro atoms. The highest BCUT2D eigenvalue weighted by atomic mass is 32.2. The first-order chi connectivity index (χ1) is 18.2. The molecule has 0 fully saturated rings. The van der Waals surface area contributed by atoms with E-state index in [1.165, 1.54) is 4.31 Å². The second kappa shape index (κ2) is 9.99. The van der Waals surface area contributed by atoms with Crippen LogP contribution in [0.2, 0.25) is 0 Å². The molecule has 0 saturated carbocycles. The number of nitrogens with one attached hydrogen (secondary N) is 1. The number of anilines is 2. The first-order valence-electron chi connectivity index (χ1n) is 12.7. The Balaban J connectivity index is 1.51. The molecule has 0 saturated heterocycles. The lowest BCUT2D eigenvalue weighted by Crippen LogP contribution is -2.38. The number of amides is 1. The third-order valence-corrected chi connectivity index (χ3v) is 8.68. The van der Waals surface area contributed by atoms with Gasteiger partial charge in [0, 0.05) is 34.0 Å². The van der Waals surface area contributed by atoms with E-state index in [1.54, 1.807) is 30.3 Å². The number of fused-ring (bicyclic) bond motifs is 3. The molecule has 1 N–H and O–H groups in total. The fraction of sp³-hybridized carbons (Fsp3) is 0.194. The van der Waals surface area contributed by atoms with Crippen molar-refractivity contribution in [2.75, 3.05) is 16.2 Å². The van der Waals surface area contributed by atoms with Gasteiger partial charge in [-0.3, -0.25) is 9.10 Å². The van der Waals surface area contributed by atoms with Crippen LogP contribution in [0.15, 0.2) is 89.8 Å². The second-order valence-electron chi connectivity index (χ2n) is 9.66. The maximum Gasteiger partial charge on any atom is 0.264 e. The van der Waals surface area contributed by atoms with Gasteiger partial charge >= 0.3 is 0 Å². The average Bonchev–Trinajstić information content (AvgIpc) is 3.22. The first-order valence-corrected chi connectivity index (χ1v) is 14.1. The first kappa shape index (κ1) is 25.5. The summed E-state index contributed by atoms with van der Waals surface area (Å²) < 4.78 is 31.0. The van der Waals surface area contributed by atoms with Crippen molar-refractivity contribution < 1.29 is 13.2 Å². The number of benzene rings is 4. The highest BCUT2D eigenvalue weighted by Gasteiger charge is 2.28. The third-order valence-electron chi connectivity index (χ3n) is 6.90. The van der Waals surface area contributed by atoms with Gasteiger partial charge in [-0.2, -0.15) is 0 Å². The molecular formula is C31H31N3O3S. The Bertz CT molecular complexity index is 1770. The zero-order valence-corrected chi connectivity index (χ0v) is 22.8. The molecule has 0 atom stereocenters. The molecule has 5 aromatic rings. The maximum absolute atomic E-state index is 13.8. The molecule has 0 aliphatic heterocycles. The number of hydrogen-bond acceptors (Lipinski definition) is 3. The minimum Gasteiger partial charge on any atom is -0.341 e. The largest absolute Gasteiger partial charge is 0.341 e. The van der Waals surface area contributed by atoms with Crippen LogP contribution >= 0.6 is 0 Å². The fourth-order valence-corrected chi connectivity index (χ4v) is 6.41. The summed E-state index contributed by atoms with van der Waals surface area (Å²) in [5, 5.41) is 5.09. The number of aryl methyl sites for hydroxylation is 4. The van der Waals surface area contributed by atoms with Gasteiger partial charge in [0.15, 0.2) is 0 Å². The lowest BCUT2D eigenvalue weighted by atomic mass is 10.1. The fourth-order valence-electron chi connectivity index (χ4n) is 4.93. The topological polar surface area (TPSA) is 71.4 Å². The van der Waals surface area contributed by atoms with Crippen molar-refractivity contribution in [2.45, 2.75) is 39.1 Å². The molecule has 0 aliphatic rings. The Morgan fingerprint density at radius 2 is 1.50 bits per heavy atom. The van der Waals surface area contributed by atoms with E-state index in [2.05, 4.69) is 28.9 Å². The molecule has 0 radical (unpaired) electrons. The average molecular weight is 526 g/mol. The van der Waals surface area contributed by atoms with E-state index in [9.17, 15) is 13.2 Å². The van der Waals surface area contributed by atoms with Crippen LogP contribution in [0.1, 0.15) is 23.6 Å². The SMILES string of the molecule is CCn1c2ccccc2c2cc(NC(=O)CN(c3cc(C)ccc3C)S(=O)(=O)c3ccc(C)cc3)ccc21. The van der Waals surface area contributed by atoms with Gasteiger partial charge in [-0.05, 0) is 81.3 Å². The number of carbonyl (C=O) groups excluding carboxylic acids is 1. The zero-order valence-electron chi connectivity index (χ0n) is 22.0. The van der Waals surface area contributed by atoms with Crippen LogP contribution < -0.4 is 9.62 Å². The highest BCUT2D eigenvalue weighted by molar-refractivity contribution is 7.92. The van der Waals surface area contributed by atoms with Crippen molar-refractivity contribution in [3.8, 4) is 0 Å². The van der Waals surface area contributed by atoms with E-state index >= 15 is 0 Å². The van der Waals surface area contributed by atoms with Crippen molar-refractivity contribution in [3.63, 3.8) is 0 Å². The van der Waals surface area contributed by atoms with Crippen LogP contribution in [0, 0.1) is 20.8 Å². The summed E-state index contributed by atoms with van der Waals surface area (Å²) >= 11 is 0. The van der Waals surface area contributed by atoms with Crippen molar-refractivity contribution in [3.05, 3.63) is 102 Å². The minimum atomic E-state index is -3.99. The number of hydrogen-bond donors (Lipinski definition) is 1. The van der Waals surface area contributed by atoms with Crippen LogP contribution in [-0.4, -0.2) is 25.4 Å². The minimum absolute atomic E-state index is 0.144. The number of rotatable bonds is 7. The third kappa shape index (κ3) is 4.65. The van der Waals surface area contributed by atoms with Gasteiger partial charge in [0.25, 0.3) is 10.0 Å². The summed E-state index contributed by atoms with van der Waals surface area (Å²) in [6.45, 7) is 8.25. The Hall–Kier alpha value is -4.10. The van der Waals surface area contributed by atoms with Gasteiger partial charge in [0.05, 0.1) is 10.6 Å². The number of para-hydroxylation sites is 1. The monoisotopic (exact) mass is 525 g/mol. The van der Waals surface area contributed by atoms with Crippen LogP contribution in [0.4, 0.5) is 11.4 Å². The summed E-state index contributed by atoms with van der Waals surface area (Å²) in [5.74, 6) is -0.417. The summed E-state index contributed by atoms with van der Waals surface area (Å²) in [7, 11) is -3.99. The van der Waals surface area contributed by atoms with Gasteiger partial charge in [-0.25, -0.2) is 8.42 Å². The highest BCUT2D eigenvalue weighted by Crippen LogP contribution is 2.32. The molecule has 38 heavy (non-hydrogen) atoms. The van der Waals surface area contributed by atoms with Gasteiger partial charge in [-0.15, -0.1) is 0 Å². The predicted molar refractivity (Wildman–Crippen MR) is 155 cm³/mol. The van der Waals surface area contributed by atoms with Gasteiger partial charge in [0.2, 0.25) is 5.91 Å². The van der Waals surface area contributed by atoms with Crippen molar-refractivity contribution in [1.82, 2.24) is 4.57 Å². The normalized spacial score (nSPS) is 11.7. The molecule has 5 rings (SSSR count). The van der Waals surface area contributed by atoms with E-state index in [-0.39, 0.29) is 11.4 Å². The molecule has 0 bridgehead atoms. The Morgan fingerprint density at radius 1 is 0.816 bits per heavy atom. The molecule has 4 aromatic carbocycles. The van der Waals surface area contributed by atoms with Gasteiger partial charge in [0.1, 0.15) is 6.54 Å². The summed E-state index contributed by atoms with van der Waals surface area (Å²) in [6, 6.07) is 26.3. The molecule has 0 aliphatic carbocycles. The molecule has 0 unspecified atom stereocenters. The van der Waals surface area contributed by atoms with Crippen LogP contribution in [0.5, 0.6) is 0 Å². The molecule has 1 aromatic heterocycles. The van der Waals surface area contributed by atoms with E-state index in [4.69, 9.17) is 0 Å². The zero-order chi connectivity index (χ0) is 27.0. The number of aromatic nitrogens is 1. The van der Waals surface area contributed by atoms with Crippen molar-refractivity contribution in [2.24, 2.45) is 0 Å². The molecule has 7 heteroatoms. The van der Waals surface area contributed by atoms with Crippen LogP contribution in [-0.2, 0) is 21.4 Å². The van der Waals surface area contributed by atoms with Gasteiger partial charge in [-0.1, -0.05) is 48.0 Å². The van der Waals surface area contributed by atoms with Gasteiger partial charge < -0.3 is 9.88 Å². The molecule has 194 valence electrons. The van der Waals surface area contributed by atoms with Crippen LogP contribution in [0.3, 0.4) is 0 Å². The summed E-state index contributed by atoms with van der Waals surface area (Å²) in [6.07, 6.45) is 0. The van der Waals surface area contributed by atoms with E-state index in [1.807, 2.05) is 63.2 Å². The van der Waals surface area contributed by atoms with Crippen molar-refractivity contribution in [1.29, 1.82) is 0 Å². The van der Waals surface area contributed by atoms with E-state index in [0.29, 0.717) is 11.4 Å². The number of sulfonamides is 1. The second-order valence-corrected chi connectivity index (χ2v) is 11.5. The Kier molecular flexibility index (Phi) is 6.71. The Morgan fingerprint density at radius 3 is 2.24 bits per heavy atom. The summed E-state index contributed by atoms with van der Waals surface area (Å²) in [4.78, 5) is 13.5. The van der Waals surface area contributed by atoms with E-state index < -0.39 is 15.9 Å². The lowest BCUT2D eigenvalue weighted by Gasteiger charge is -2.26. The predicted octanol–water partition coefficient (Wildman–Crippen LogP) is 6.57. The quantitative estimate of drug-likeness (QED) is 0.261. The smallest absolute Gasteiger partial charge is 0.264 e. The number of nitrogens with zero attached hydrogens (tertiary/aromatic N) is 2. The summed E-state index contributed by atoms with van der Waals surface area (Å²) in [5.41, 5.74) is 5.97. The standard InChI is InChI=1S/C31H31N3O3S/c1-5-33-28-9-7-6-8-26(28)27-19-24(14-17-29(27)33)32-31(35)20-34(30-18-22(3)10-13-23(30)4)38(36,37)25-15-11-21(2)12-16-25/h6-19H,5,20H2,1-4H3,(H,32,35). The van der Waals surface area contributed by atoms with Crippen LogP contribution in [0.25, 0.3) is 21.8 Å². The molecule has 1 heterocycles. The number of carbonyl (C=O) groups is 1. The molecular weight excluding hydrogens is 494 g/mol. The van der Waals surface area contributed by atoms with E-state index in [0.717, 1.165) is 45.0 Å². The van der Waals surface area contributed by atoms with Crippen molar-refractivity contribution >= 4 is 49.1 Å². The molecule has 6 nitrogen and oxygen atoms in total.